The standard InChI is InChI=1S/C20H30BrN3O2/c1-14(15-6-4-3-5-7-15)23-17-8-10-24(11-9-17)19-18(20(25)26-2)12-16(21)13-22-19/h12-15,17,23H,3-11H2,1-2H3. The predicted molar refractivity (Wildman–Crippen MR) is 108 cm³/mol. The molecule has 0 bridgehead atoms. The van der Waals surface area contributed by atoms with Crippen LogP contribution in [0.25, 0.3) is 0 Å². The molecule has 3 rings (SSSR count). The Morgan fingerprint density at radius 2 is 1.96 bits per heavy atom. The number of nitrogens with zero attached hydrogens (tertiary/aromatic N) is 2. The zero-order valence-corrected chi connectivity index (χ0v) is 17.4. The van der Waals surface area contributed by atoms with Gasteiger partial charge in [0.15, 0.2) is 0 Å². The van der Waals surface area contributed by atoms with Gasteiger partial charge in [-0.25, -0.2) is 9.78 Å². The number of nitrogens with one attached hydrogen (secondary N) is 1. The Bertz CT molecular complexity index is 611. The third-order valence-electron chi connectivity index (χ3n) is 5.89. The number of methoxy groups -OCH3 is 1. The molecule has 1 atom stereocenters. The van der Waals surface area contributed by atoms with Crippen LogP contribution in [0.15, 0.2) is 16.7 Å². The second-order valence-electron chi connectivity index (χ2n) is 7.63. The Hall–Kier alpha value is -1.14. The SMILES string of the molecule is COC(=O)c1cc(Br)cnc1N1CCC(NC(C)C2CCCCC2)CC1. The van der Waals surface area contributed by atoms with Crippen molar-refractivity contribution < 1.29 is 9.53 Å². The number of aromatic nitrogens is 1. The van der Waals surface area contributed by atoms with Gasteiger partial charge in [0.2, 0.25) is 0 Å². The van der Waals surface area contributed by atoms with Gasteiger partial charge in [-0.05, 0) is 60.5 Å². The normalized spacial score (nSPS) is 20.8. The summed E-state index contributed by atoms with van der Waals surface area (Å²) in [6, 6.07) is 2.95. The highest BCUT2D eigenvalue weighted by molar-refractivity contribution is 9.10. The molecule has 1 aliphatic heterocycles. The molecule has 1 aromatic heterocycles. The Morgan fingerprint density at radius 1 is 1.27 bits per heavy atom. The fraction of sp³-hybridized carbons (Fsp3) is 0.700. The zero-order chi connectivity index (χ0) is 18.5. The second-order valence-corrected chi connectivity index (χ2v) is 8.55. The molecule has 1 N–H and O–H groups in total. The smallest absolute Gasteiger partial charge is 0.341 e. The lowest BCUT2D eigenvalue weighted by atomic mass is 9.84. The van der Waals surface area contributed by atoms with Crippen LogP contribution in [0.5, 0.6) is 0 Å². The molecule has 1 aliphatic carbocycles. The van der Waals surface area contributed by atoms with Crippen molar-refractivity contribution in [2.75, 3.05) is 25.1 Å². The van der Waals surface area contributed by atoms with Crippen molar-refractivity contribution in [2.24, 2.45) is 5.92 Å². The number of anilines is 1. The van der Waals surface area contributed by atoms with Crippen LogP contribution in [0.2, 0.25) is 0 Å². The van der Waals surface area contributed by atoms with Crippen molar-refractivity contribution in [2.45, 2.75) is 64.0 Å². The summed E-state index contributed by atoms with van der Waals surface area (Å²) in [5.41, 5.74) is 0.531. The molecule has 0 radical (unpaired) electrons. The molecule has 2 aliphatic rings. The van der Waals surface area contributed by atoms with Crippen LogP contribution in [0, 0.1) is 5.92 Å². The minimum Gasteiger partial charge on any atom is -0.465 e. The van der Waals surface area contributed by atoms with Gasteiger partial charge >= 0.3 is 5.97 Å². The van der Waals surface area contributed by atoms with E-state index in [9.17, 15) is 4.79 Å². The van der Waals surface area contributed by atoms with E-state index in [0.29, 0.717) is 17.6 Å². The third kappa shape index (κ3) is 4.77. The van der Waals surface area contributed by atoms with Gasteiger partial charge in [0, 0.05) is 35.8 Å². The second kappa shape index (κ2) is 9.18. The quantitative estimate of drug-likeness (QED) is 0.720. The molecule has 2 heterocycles. The van der Waals surface area contributed by atoms with Gasteiger partial charge in [-0.3, -0.25) is 0 Å². The van der Waals surface area contributed by atoms with Gasteiger partial charge in [-0.2, -0.15) is 0 Å². The minimum atomic E-state index is -0.333. The molecule has 1 saturated heterocycles. The molecule has 144 valence electrons. The molecule has 6 heteroatoms. The molecular weight excluding hydrogens is 394 g/mol. The van der Waals surface area contributed by atoms with Crippen molar-refractivity contribution in [1.29, 1.82) is 0 Å². The lowest BCUT2D eigenvalue weighted by molar-refractivity contribution is 0.0601. The topological polar surface area (TPSA) is 54.5 Å². The first-order valence-corrected chi connectivity index (χ1v) is 10.6. The summed E-state index contributed by atoms with van der Waals surface area (Å²) in [4.78, 5) is 18.8. The summed E-state index contributed by atoms with van der Waals surface area (Å²) in [5, 5.41) is 3.87. The average Bonchev–Trinajstić information content (AvgIpc) is 2.68. The molecule has 0 spiro atoms. The van der Waals surface area contributed by atoms with Crippen LogP contribution in [-0.4, -0.2) is 43.2 Å². The molecule has 0 aromatic carbocycles. The minimum absolute atomic E-state index is 0.333. The fourth-order valence-electron chi connectivity index (χ4n) is 4.34. The van der Waals surface area contributed by atoms with Crippen LogP contribution in [0.3, 0.4) is 0 Å². The first-order valence-electron chi connectivity index (χ1n) is 9.83. The maximum atomic E-state index is 12.1. The number of esters is 1. The molecule has 5 nitrogen and oxygen atoms in total. The third-order valence-corrected chi connectivity index (χ3v) is 6.32. The van der Waals surface area contributed by atoms with E-state index in [1.807, 2.05) is 0 Å². The van der Waals surface area contributed by atoms with E-state index in [4.69, 9.17) is 4.74 Å². The van der Waals surface area contributed by atoms with Gasteiger partial charge in [0.1, 0.15) is 11.4 Å². The van der Waals surface area contributed by atoms with Gasteiger partial charge in [-0.1, -0.05) is 19.3 Å². The van der Waals surface area contributed by atoms with Crippen LogP contribution in [-0.2, 0) is 4.74 Å². The van der Waals surface area contributed by atoms with E-state index >= 15 is 0 Å². The highest BCUT2D eigenvalue weighted by Gasteiger charge is 2.27. The average molecular weight is 424 g/mol. The maximum absolute atomic E-state index is 12.1. The van der Waals surface area contributed by atoms with Crippen molar-refractivity contribution in [3.63, 3.8) is 0 Å². The Labute approximate surface area is 165 Å². The number of hydrogen-bond donors (Lipinski definition) is 1. The van der Waals surface area contributed by atoms with Crippen LogP contribution in [0.4, 0.5) is 5.82 Å². The largest absolute Gasteiger partial charge is 0.465 e. The number of rotatable bonds is 5. The molecule has 26 heavy (non-hydrogen) atoms. The first kappa shape index (κ1) is 19.6. The number of carbonyl (C=O) groups excluding carboxylic acids is 1. The van der Waals surface area contributed by atoms with Crippen molar-refractivity contribution in [1.82, 2.24) is 10.3 Å². The number of piperidine rings is 1. The van der Waals surface area contributed by atoms with Crippen molar-refractivity contribution in [3.8, 4) is 0 Å². The van der Waals surface area contributed by atoms with Crippen molar-refractivity contribution in [3.05, 3.63) is 22.3 Å². The predicted octanol–water partition coefficient (Wildman–Crippen LogP) is 4.16. The van der Waals surface area contributed by atoms with E-state index in [0.717, 1.165) is 42.1 Å². The fourth-order valence-corrected chi connectivity index (χ4v) is 4.68. The first-order chi connectivity index (χ1) is 12.6. The van der Waals surface area contributed by atoms with Crippen LogP contribution < -0.4 is 10.2 Å². The monoisotopic (exact) mass is 423 g/mol. The summed E-state index contributed by atoms with van der Waals surface area (Å²) in [5.74, 6) is 1.24. The molecule has 1 unspecified atom stereocenters. The van der Waals surface area contributed by atoms with E-state index in [1.54, 1.807) is 12.3 Å². The number of halogens is 1. The number of hydrogen-bond acceptors (Lipinski definition) is 5. The van der Waals surface area contributed by atoms with Crippen LogP contribution >= 0.6 is 15.9 Å². The van der Waals surface area contributed by atoms with E-state index in [1.165, 1.54) is 39.2 Å². The molecule has 2 fully saturated rings. The summed E-state index contributed by atoms with van der Waals surface area (Å²) in [7, 11) is 1.41. The molecule has 0 amide bonds. The van der Waals surface area contributed by atoms with Gasteiger partial charge in [0.25, 0.3) is 0 Å². The zero-order valence-electron chi connectivity index (χ0n) is 15.8. The van der Waals surface area contributed by atoms with E-state index < -0.39 is 0 Å². The summed E-state index contributed by atoms with van der Waals surface area (Å²) in [6.45, 7) is 4.18. The lowest BCUT2D eigenvalue weighted by Gasteiger charge is -2.37. The van der Waals surface area contributed by atoms with Crippen molar-refractivity contribution >= 4 is 27.7 Å². The maximum Gasteiger partial charge on any atom is 0.341 e. The lowest BCUT2D eigenvalue weighted by Crippen LogP contribution is -2.48. The molecule has 1 saturated carbocycles. The Morgan fingerprint density at radius 3 is 2.62 bits per heavy atom. The Kier molecular flexibility index (Phi) is 6.92. The number of carbonyl (C=O) groups is 1. The van der Waals surface area contributed by atoms with Gasteiger partial charge in [0.05, 0.1) is 7.11 Å². The van der Waals surface area contributed by atoms with Gasteiger partial charge < -0.3 is 15.0 Å². The number of pyridine rings is 1. The molecular formula is C20H30BrN3O2. The summed E-state index contributed by atoms with van der Waals surface area (Å²) < 4.78 is 5.72. The summed E-state index contributed by atoms with van der Waals surface area (Å²) in [6.07, 6.45) is 10.8. The highest BCUT2D eigenvalue weighted by atomic mass is 79.9. The van der Waals surface area contributed by atoms with Gasteiger partial charge in [-0.15, -0.1) is 0 Å². The van der Waals surface area contributed by atoms with E-state index in [2.05, 4.69) is 38.1 Å². The highest BCUT2D eigenvalue weighted by Crippen LogP contribution is 2.28. The van der Waals surface area contributed by atoms with Crippen LogP contribution in [0.1, 0.15) is 62.2 Å². The van der Waals surface area contributed by atoms with E-state index in [-0.39, 0.29) is 5.97 Å². The number of ether oxygens (including phenoxy) is 1. The summed E-state index contributed by atoms with van der Waals surface area (Å²) >= 11 is 3.39. The Balaban J connectivity index is 1.57. The molecule has 1 aromatic rings.